The molecule has 0 aliphatic carbocycles. The number of urea groups is 1. The van der Waals surface area contributed by atoms with E-state index in [1.54, 1.807) is 23.1 Å². The topological polar surface area (TPSA) is 44.4 Å². The Kier molecular flexibility index (Phi) is 7.27. The van der Waals surface area contributed by atoms with Crippen LogP contribution in [0.25, 0.3) is 0 Å². The molecule has 1 heterocycles. The van der Waals surface area contributed by atoms with Gasteiger partial charge in [-0.05, 0) is 49.7 Å². The summed E-state index contributed by atoms with van der Waals surface area (Å²) in [6.45, 7) is 2.62. The molecular weight excluding hydrogens is 278 g/mol. The highest BCUT2D eigenvalue weighted by Crippen LogP contribution is 2.19. The van der Waals surface area contributed by atoms with Crippen LogP contribution in [0.5, 0.6) is 0 Å². The molecular formula is C13H23N3OS2. The number of hydrogen-bond donors (Lipinski definition) is 2. The summed E-state index contributed by atoms with van der Waals surface area (Å²) in [5, 5.41) is 10.1. The number of nitrogens with one attached hydrogen (secondary N) is 2. The molecule has 0 aliphatic rings. The second-order valence-electron chi connectivity index (χ2n) is 4.75. The molecule has 0 spiro atoms. The summed E-state index contributed by atoms with van der Waals surface area (Å²) in [7, 11) is 4.05. The van der Waals surface area contributed by atoms with Crippen LogP contribution in [-0.2, 0) is 0 Å². The zero-order valence-electron chi connectivity index (χ0n) is 12.0. The molecule has 1 rings (SSSR count). The minimum atomic E-state index is -0.0939. The van der Waals surface area contributed by atoms with Crippen molar-refractivity contribution >= 4 is 29.1 Å². The highest BCUT2D eigenvalue weighted by atomic mass is 32.2. The van der Waals surface area contributed by atoms with Crippen LogP contribution in [0.2, 0.25) is 0 Å². The Morgan fingerprint density at radius 1 is 1.53 bits per heavy atom. The number of thiophene rings is 1. The summed E-state index contributed by atoms with van der Waals surface area (Å²) in [4.78, 5) is 13.9. The van der Waals surface area contributed by atoms with Gasteiger partial charge in [-0.15, -0.1) is 0 Å². The van der Waals surface area contributed by atoms with E-state index in [4.69, 9.17) is 0 Å². The highest BCUT2D eigenvalue weighted by molar-refractivity contribution is 7.98. The normalized spacial score (nSPS) is 14.2. The second-order valence-corrected chi connectivity index (χ2v) is 6.44. The van der Waals surface area contributed by atoms with Crippen molar-refractivity contribution in [3.8, 4) is 0 Å². The van der Waals surface area contributed by atoms with Crippen molar-refractivity contribution in [2.24, 2.45) is 0 Å². The number of nitrogens with zero attached hydrogens (tertiary/aromatic N) is 1. The first-order chi connectivity index (χ1) is 9.04. The fourth-order valence-electron chi connectivity index (χ4n) is 1.82. The smallest absolute Gasteiger partial charge is 0.315 e. The summed E-state index contributed by atoms with van der Waals surface area (Å²) in [6, 6.07) is 2.41. The molecule has 0 saturated carbocycles. The summed E-state index contributed by atoms with van der Waals surface area (Å²) in [5.74, 6) is 0.926. The van der Waals surface area contributed by atoms with E-state index in [1.807, 2.05) is 27.3 Å². The minimum absolute atomic E-state index is 0.0939. The lowest BCUT2D eigenvalue weighted by Gasteiger charge is -2.24. The fraction of sp³-hybridized carbons (Fsp3) is 0.615. The van der Waals surface area contributed by atoms with Crippen LogP contribution < -0.4 is 10.6 Å². The molecule has 1 aromatic heterocycles. The summed E-state index contributed by atoms with van der Waals surface area (Å²) in [5.41, 5.74) is 1.24. The van der Waals surface area contributed by atoms with E-state index in [9.17, 15) is 4.79 Å². The Morgan fingerprint density at radius 2 is 2.26 bits per heavy atom. The molecule has 4 nitrogen and oxygen atoms in total. The number of likely N-dealkylation sites (N-methyl/N-ethyl adjacent to an activating group) is 1. The number of carbonyl (C=O) groups excluding carboxylic acids is 1. The Morgan fingerprint density at radius 3 is 2.79 bits per heavy atom. The van der Waals surface area contributed by atoms with Crippen LogP contribution in [0, 0.1) is 0 Å². The Hall–Kier alpha value is -0.720. The Labute approximate surface area is 124 Å². The van der Waals surface area contributed by atoms with Crippen molar-refractivity contribution in [2.45, 2.75) is 19.0 Å². The first-order valence-electron chi connectivity index (χ1n) is 6.26. The molecule has 0 radical (unpaired) electrons. The van der Waals surface area contributed by atoms with Crippen molar-refractivity contribution in [2.75, 3.05) is 32.6 Å². The lowest BCUT2D eigenvalue weighted by atomic mass is 10.1. The standard InChI is InChI=1S/C13H23N3OS2/c1-10(8-18-4)15-13(17)14-7-12(16(2)3)11-5-6-19-9-11/h5-6,9-10,12H,7-8H2,1-4H3,(H2,14,15,17)/t10-,12+/m0/s1. The molecule has 2 N–H and O–H groups in total. The van der Waals surface area contributed by atoms with Gasteiger partial charge in [-0.25, -0.2) is 4.79 Å². The first-order valence-corrected chi connectivity index (χ1v) is 8.60. The number of thioether (sulfide) groups is 1. The van der Waals surface area contributed by atoms with Crippen LogP contribution in [0.4, 0.5) is 4.79 Å². The van der Waals surface area contributed by atoms with E-state index in [0.717, 1.165) is 5.75 Å². The van der Waals surface area contributed by atoms with E-state index < -0.39 is 0 Å². The average molecular weight is 301 g/mol. The first kappa shape index (κ1) is 16.3. The fourth-order valence-corrected chi connectivity index (χ4v) is 3.11. The number of carbonyl (C=O) groups is 1. The quantitative estimate of drug-likeness (QED) is 0.813. The van der Waals surface area contributed by atoms with Gasteiger partial charge in [0.15, 0.2) is 0 Å². The minimum Gasteiger partial charge on any atom is -0.336 e. The zero-order chi connectivity index (χ0) is 14.3. The van der Waals surface area contributed by atoms with Crippen LogP contribution in [0.1, 0.15) is 18.5 Å². The van der Waals surface area contributed by atoms with Crippen LogP contribution >= 0.6 is 23.1 Å². The van der Waals surface area contributed by atoms with E-state index >= 15 is 0 Å². The monoisotopic (exact) mass is 301 g/mol. The molecule has 108 valence electrons. The van der Waals surface area contributed by atoms with Gasteiger partial charge in [0, 0.05) is 18.3 Å². The maximum absolute atomic E-state index is 11.8. The van der Waals surface area contributed by atoms with E-state index in [0.29, 0.717) is 6.54 Å². The van der Waals surface area contributed by atoms with Crippen molar-refractivity contribution in [1.29, 1.82) is 0 Å². The third kappa shape index (κ3) is 5.84. The third-order valence-electron chi connectivity index (χ3n) is 2.80. The van der Waals surface area contributed by atoms with E-state index in [-0.39, 0.29) is 18.1 Å². The van der Waals surface area contributed by atoms with Gasteiger partial charge in [0.05, 0.1) is 6.04 Å². The zero-order valence-corrected chi connectivity index (χ0v) is 13.6. The number of rotatable bonds is 7. The lowest BCUT2D eigenvalue weighted by molar-refractivity contribution is 0.231. The number of amides is 2. The maximum atomic E-state index is 11.8. The van der Waals surface area contributed by atoms with Crippen molar-refractivity contribution in [3.05, 3.63) is 22.4 Å². The summed E-state index contributed by atoms with van der Waals surface area (Å²) < 4.78 is 0. The molecule has 0 aromatic carbocycles. The average Bonchev–Trinajstić information content (AvgIpc) is 2.82. The highest BCUT2D eigenvalue weighted by Gasteiger charge is 2.16. The predicted molar refractivity (Wildman–Crippen MR) is 85.1 cm³/mol. The largest absolute Gasteiger partial charge is 0.336 e. The molecule has 0 unspecified atom stereocenters. The van der Waals surface area contributed by atoms with Gasteiger partial charge in [0.1, 0.15) is 0 Å². The van der Waals surface area contributed by atoms with Gasteiger partial charge >= 0.3 is 6.03 Å². The SMILES string of the molecule is CSC[C@H](C)NC(=O)NC[C@H](c1ccsc1)N(C)C. The molecule has 19 heavy (non-hydrogen) atoms. The predicted octanol–water partition coefficient (Wildman–Crippen LogP) is 2.40. The Balaban J connectivity index is 2.42. The van der Waals surface area contributed by atoms with Gasteiger partial charge in [-0.2, -0.15) is 23.1 Å². The molecule has 2 atom stereocenters. The maximum Gasteiger partial charge on any atom is 0.315 e. The van der Waals surface area contributed by atoms with Crippen LogP contribution in [0.15, 0.2) is 16.8 Å². The third-order valence-corrected chi connectivity index (χ3v) is 4.34. The van der Waals surface area contributed by atoms with Crippen molar-refractivity contribution < 1.29 is 4.79 Å². The van der Waals surface area contributed by atoms with E-state index in [1.165, 1.54) is 5.56 Å². The summed E-state index contributed by atoms with van der Waals surface area (Å²) in [6.07, 6.45) is 2.04. The van der Waals surface area contributed by atoms with Crippen molar-refractivity contribution in [1.82, 2.24) is 15.5 Å². The molecule has 0 fully saturated rings. The van der Waals surface area contributed by atoms with Gasteiger partial charge < -0.3 is 15.5 Å². The molecule has 0 saturated heterocycles. The van der Waals surface area contributed by atoms with Gasteiger partial charge in [-0.3, -0.25) is 0 Å². The molecule has 2 amide bonds. The molecule has 0 aliphatic heterocycles. The van der Waals surface area contributed by atoms with Gasteiger partial charge in [-0.1, -0.05) is 0 Å². The van der Waals surface area contributed by atoms with Gasteiger partial charge in [0.25, 0.3) is 0 Å². The molecule has 1 aromatic rings. The molecule has 6 heteroatoms. The van der Waals surface area contributed by atoms with Crippen molar-refractivity contribution in [3.63, 3.8) is 0 Å². The number of hydrogen-bond acceptors (Lipinski definition) is 4. The summed E-state index contributed by atoms with van der Waals surface area (Å²) >= 11 is 3.41. The van der Waals surface area contributed by atoms with Crippen LogP contribution in [-0.4, -0.2) is 49.6 Å². The van der Waals surface area contributed by atoms with Crippen LogP contribution in [0.3, 0.4) is 0 Å². The lowest BCUT2D eigenvalue weighted by Crippen LogP contribution is -2.44. The second kappa shape index (κ2) is 8.45. The van der Waals surface area contributed by atoms with Gasteiger partial charge in [0.2, 0.25) is 0 Å². The molecule has 0 bridgehead atoms. The van der Waals surface area contributed by atoms with E-state index in [2.05, 4.69) is 32.4 Å². The Bertz CT molecular complexity index is 368.